The van der Waals surface area contributed by atoms with Gasteiger partial charge in [-0.15, -0.1) is 0 Å². The van der Waals surface area contributed by atoms with Crippen LogP contribution in [0.2, 0.25) is 0 Å². The molecule has 2 aromatic rings. The van der Waals surface area contributed by atoms with Gasteiger partial charge in [-0.3, -0.25) is 19.4 Å². The minimum Gasteiger partial charge on any atom is -0.508 e. The quantitative estimate of drug-likeness (QED) is 0.0553. The van der Waals surface area contributed by atoms with Crippen LogP contribution in [-0.2, 0) is 32.0 Å². The van der Waals surface area contributed by atoms with Crippen LogP contribution in [0, 0.1) is 0 Å². The third-order valence-corrected chi connectivity index (χ3v) is 5.72. The number of carboxylic acid groups (broad SMARTS) is 1. The Morgan fingerprint density at radius 3 is 2.15 bits per heavy atom. The number of carboxylic acids is 1. The van der Waals surface area contributed by atoms with Gasteiger partial charge in [0, 0.05) is 24.9 Å². The van der Waals surface area contributed by atoms with E-state index in [0.717, 1.165) is 0 Å². The molecule has 16 heteroatoms. The van der Waals surface area contributed by atoms with E-state index in [1.54, 1.807) is 12.1 Å². The monoisotopic (exact) mass is 561 g/mol. The number of guanidine groups is 1. The Morgan fingerprint density at radius 2 is 1.57 bits per heavy atom. The van der Waals surface area contributed by atoms with Gasteiger partial charge in [0.1, 0.15) is 23.9 Å². The molecule has 40 heavy (non-hydrogen) atoms. The number of aliphatic carboxylic acids is 1. The molecule has 2 rings (SSSR count). The maximum Gasteiger partial charge on any atom is 0.326 e. The molecule has 4 atom stereocenters. The largest absolute Gasteiger partial charge is 0.508 e. The minimum absolute atomic E-state index is 0.0111. The lowest BCUT2D eigenvalue weighted by molar-refractivity contribution is -0.142. The SMILES string of the molecule is NC(N)=NCCCC(NC(=O)C(CO)NC(=O)C(N)Cc1ccc(O)cc1)C(=O)NC(Cc1cnc[nH]1)C(=O)O. The van der Waals surface area contributed by atoms with Crippen molar-refractivity contribution in [3.63, 3.8) is 0 Å². The van der Waals surface area contributed by atoms with Gasteiger partial charge in [0.15, 0.2) is 5.96 Å². The number of aromatic amines is 1. The second-order valence-electron chi connectivity index (χ2n) is 8.91. The van der Waals surface area contributed by atoms with Crippen LogP contribution in [0.15, 0.2) is 41.8 Å². The van der Waals surface area contributed by atoms with Gasteiger partial charge >= 0.3 is 5.97 Å². The molecular formula is C24H35N9O7. The van der Waals surface area contributed by atoms with E-state index in [1.807, 2.05) is 0 Å². The second kappa shape index (κ2) is 15.6. The Bertz CT molecular complexity index is 1150. The molecule has 16 nitrogen and oxygen atoms in total. The topological polar surface area (TPSA) is 284 Å². The summed E-state index contributed by atoms with van der Waals surface area (Å²) in [6.45, 7) is -0.672. The van der Waals surface area contributed by atoms with Crippen molar-refractivity contribution >= 4 is 29.7 Å². The molecule has 1 heterocycles. The van der Waals surface area contributed by atoms with Gasteiger partial charge in [-0.2, -0.15) is 0 Å². The molecule has 1 aromatic carbocycles. The molecule has 0 aliphatic rings. The van der Waals surface area contributed by atoms with Crippen LogP contribution in [0.1, 0.15) is 24.1 Å². The molecule has 4 unspecified atom stereocenters. The maximum absolute atomic E-state index is 13.0. The normalized spacial score (nSPS) is 13.8. The number of nitrogens with zero attached hydrogens (tertiary/aromatic N) is 2. The highest BCUT2D eigenvalue weighted by molar-refractivity contribution is 5.94. The van der Waals surface area contributed by atoms with Crippen molar-refractivity contribution in [2.75, 3.05) is 13.2 Å². The number of hydrogen-bond acceptors (Lipinski definition) is 9. The number of rotatable bonds is 16. The summed E-state index contributed by atoms with van der Waals surface area (Å²) in [7, 11) is 0. The van der Waals surface area contributed by atoms with Crippen molar-refractivity contribution in [2.24, 2.45) is 22.2 Å². The number of amides is 3. The van der Waals surface area contributed by atoms with Crippen molar-refractivity contribution in [2.45, 2.75) is 49.9 Å². The van der Waals surface area contributed by atoms with Crippen LogP contribution in [-0.4, -0.2) is 92.3 Å². The first-order valence-electron chi connectivity index (χ1n) is 12.3. The van der Waals surface area contributed by atoms with E-state index >= 15 is 0 Å². The van der Waals surface area contributed by atoms with Gasteiger partial charge in [-0.05, 0) is 37.0 Å². The van der Waals surface area contributed by atoms with Gasteiger partial charge in [0.2, 0.25) is 17.7 Å². The summed E-state index contributed by atoms with van der Waals surface area (Å²) in [4.78, 5) is 60.7. The fraction of sp³-hybridized carbons (Fsp3) is 0.417. The van der Waals surface area contributed by atoms with Crippen LogP contribution in [0.3, 0.4) is 0 Å². The van der Waals surface area contributed by atoms with E-state index < -0.39 is 54.5 Å². The third-order valence-electron chi connectivity index (χ3n) is 5.72. The Balaban J connectivity index is 2.07. The molecule has 13 N–H and O–H groups in total. The average molecular weight is 562 g/mol. The number of imidazole rings is 1. The number of aliphatic imine (C=N–C) groups is 1. The highest BCUT2D eigenvalue weighted by Crippen LogP contribution is 2.11. The van der Waals surface area contributed by atoms with Crippen LogP contribution in [0.5, 0.6) is 5.75 Å². The zero-order valence-corrected chi connectivity index (χ0v) is 21.6. The molecule has 0 saturated carbocycles. The van der Waals surface area contributed by atoms with Crippen molar-refractivity contribution in [3.8, 4) is 5.75 Å². The van der Waals surface area contributed by atoms with Crippen molar-refractivity contribution in [3.05, 3.63) is 48.0 Å². The summed E-state index contributed by atoms with van der Waals surface area (Å²) in [5.74, 6) is -3.86. The fourth-order valence-corrected chi connectivity index (χ4v) is 3.58. The number of carbonyl (C=O) groups is 4. The van der Waals surface area contributed by atoms with Gasteiger partial charge in [0.25, 0.3) is 0 Å². The zero-order chi connectivity index (χ0) is 29.7. The molecule has 0 aliphatic carbocycles. The van der Waals surface area contributed by atoms with E-state index in [-0.39, 0.29) is 43.9 Å². The van der Waals surface area contributed by atoms with Gasteiger partial charge in [-0.1, -0.05) is 12.1 Å². The zero-order valence-electron chi connectivity index (χ0n) is 21.6. The number of phenols is 1. The van der Waals surface area contributed by atoms with E-state index in [1.165, 1.54) is 24.7 Å². The van der Waals surface area contributed by atoms with Crippen molar-refractivity contribution in [1.82, 2.24) is 25.9 Å². The Hall–Kier alpha value is -4.70. The van der Waals surface area contributed by atoms with Crippen LogP contribution in [0.25, 0.3) is 0 Å². The Kier molecular flexibility index (Phi) is 12.3. The summed E-state index contributed by atoms with van der Waals surface area (Å²) >= 11 is 0. The van der Waals surface area contributed by atoms with E-state index in [4.69, 9.17) is 17.2 Å². The summed E-state index contributed by atoms with van der Waals surface area (Å²) in [5.41, 5.74) is 17.7. The number of phenolic OH excluding ortho intramolecular Hbond substituents is 1. The number of aliphatic hydroxyl groups excluding tert-OH is 1. The number of benzene rings is 1. The first-order valence-corrected chi connectivity index (χ1v) is 12.3. The van der Waals surface area contributed by atoms with Crippen LogP contribution < -0.4 is 33.2 Å². The van der Waals surface area contributed by atoms with Crippen molar-refractivity contribution < 1.29 is 34.5 Å². The van der Waals surface area contributed by atoms with Gasteiger partial charge < -0.3 is 53.5 Å². The smallest absolute Gasteiger partial charge is 0.326 e. The predicted octanol–water partition coefficient (Wildman–Crippen LogP) is -3.19. The molecule has 0 aliphatic heterocycles. The number of aliphatic hydroxyl groups is 1. The van der Waals surface area contributed by atoms with Gasteiger partial charge in [0.05, 0.1) is 19.0 Å². The number of nitrogens with two attached hydrogens (primary N) is 3. The lowest BCUT2D eigenvalue weighted by atomic mass is 10.1. The van der Waals surface area contributed by atoms with Crippen LogP contribution in [0.4, 0.5) is 0 Å². The second-order valence-corrected chi connectivity index (χ2v) is 8.91. The third kappa shape index (κ3) is 10.6. The molecule has 3 amide bonds. The Labute approximate surface area is 229 Å². The summed E-state index contributed by atoms with van der Waals surface area (Å²) in [6.07, 6.45) is 3.03. The number of H-pyrrole nitrogens is 1. The molecule has 0 saturated heterocycles. The molecule has 0 fully saturated rings. The average Bonchev–Trinajstić information content (AvgIpc) is 3.42. The van der Waals surface area contributed by atoms with E-state index in [0.29, 0.717) is 11.3 Å². The summed E-state index contributed by atoms with van der Waals surface area (Å²) < 4.78 is 0. The molecule has 218 valence electrons. The number of aromatic nitrogens is 2. The lowest BCUT2D eigenvalue weighted by Gasteiger charge is -2.24. The summed E-state index contributed by atoms with van der Waals surface area (Å²) in [6, 6.07) is 0.925. The molecule has 0 spiro atoms. The number of carbonyl (C=O) groups excluding carboxylic acids is 3. The standard InChI is InChI=1S/C24H35N9O7/c25-16(8-13-3-5-15(35)6-4-13)20(36)33-19(11-34)22(38)31-17(2-1-7-29-24(26)27)21(37)32-18(23(39)40)9-14-10-28-12-30-14/h3-6,10,12,16-19,34-35H,1-2,7-9,11,25H2,(H,28,30)(H,31,38)(H,32,37)(H,33,36)(H,39,40)(H4,26,27,29). The van der Waals surface area contributed by atoms with Crippen molar-refractivity contribution in [1.29, 1.82) is 0 Å². The molecule has 1 aromatic heterocycles. The summed E-state index contributed by atoms with van der Waals surface area (Å²) in [5, 5.41) is 35.9. The lowest BCUT2D eigenvalue weighted by Crippen LogP contribution is -2.58. The number of aromatic hydroxyl groups is 1. The number of nitrogens with one attached hydrogen (secondary N) is 4. The van der Waals surface area contributed by atoms with E-state index in [9.17, 15) is 34.5 Å². The fourth-order valence-electron chi connectivity index (χ4n) is 3.58. The Morgan fingerprint density at radius 1 is 0.950 bits per heavy atom. The molecular weight excluding hydrogens is 526 g/mol. The molecule has 0 bridgehead atoms. The van der Waals surface area contributed by atoms with Gasteiger partial charge in [-0.25, -0.2) is 9.78 Å². The highest BCUT2D eigenvalue weighted by Gasteiger charge is 2.30. The number of hydrogen-bond donors (Lipinski definition) is 10. The predicted molar refractivity (Wildman–Crippen MR) is 143 cm³/mol. The van der Waals surface area contributed by atoms with E-state index in [2.05, 4.69) is 30.9 Å². The van der Waals surface area contributed by atoms with Crippen LogP contribution >= 0.6 is 0 Å². The highest BCUT2D eigenvalue weighted by atomic mass is 16.4. The minimum atomic E-state index is -1.45. The maximum atomic E-state index is 13.0. The first kappa shape index (κ1) is 31.5. The molecule has 0 radical (unpaired) electrons. The first-order chi connectivity index (χ1) is 19.0.